The van der Waals surface area contributed by atoms with E-state index in [2.05, 4.69) is 20.6 Å². The van der Waals surface area contributed by atoms with E-state index in [1.807, 2.05) is 53.7 Å². The monoisotopic (exact) mass is 698 g/mol. The van der Waals surface area contributed by atoms with Crippen LogP contribution >= 0.6 is 0 Å². The molecule has 10 heteroatoms. The number of allylic oxidation sites excluding steroid dienone is 4. The van der Waals surface area contributed by atoms with Crippen LogP contribution in [0.4, 0.5) is 11.6 Å². The summed E-state index contributed by atoms with van der Waals surface area (Å²) in [5, 5.41) is 53.0. The number of aromatic nitrogens is 2. The molecule has 6 N–H and O–H groups in total. The van der Waals surface area contributed by atoms with Crippen LogP contribution in [-0.2, 0) is 9.59 Å². The molecule has 4 aromatic rings. The minimum atomic E-state index is -0.680. The summed E-state index contributed by atoms with van der Waals surface area (Å²) >= 11 is 0. The van der Waals surface area contributed by atoms with Crippen LogP contribution in [-0.4, -0.2) is 42.0 Å². The average molecular weight is 699 g/mol. The fraction of sp³-hybridized carbons (Fsp3) is 0.238. The first-order chi connectivity index (χ1) is 24.6. The Morgan fingerprint density at radius 2 is 0.942 bits per heavy atom. The SMILES string of the molecule is Cc1ccc(NC=C2C(=O)C(O)=C(C(C)C)c3cc(C)c(-c4c(C)cc5c(c4O)C(=CNc4ccc(C)cn4)C(=O)C(O)=C5C(C)C)c(O)c32)nc1. The van der Waals surface area contributed by atoms with Gasteiger partial charge in [0, 0.05) is 58.2 Å². The maximum absolute atomic E-state index is 13.8. The number of aliphatic hydroxyl groups is 2. The van der Waals surface area contributed by atoms with Gasteiger partial charge in [0.05, 0.1) is 11.1 Å². The summed E-state index contributed by atoms with van der Waals surface area (Å²) in [5.41, 5.74) is 5.61. The molecule has 0 fully saturated rings. The van der Waals surface area contributed by atoms with Gasteiger partial charge in [0.1, 0.15) is 23.1 Å². The van der Waals surface area contributed by atoms with Crippen molar-refractivity contribution in [1.29, 1.82) is 0 Å². The number of nitrogens with zero attached hydrogens (tertiary/aromatic N) is 2. The molecule has 52 heavy (non-hydrogen) atoms. The number of carbonyl (C=O) groups is 2. The number of rotatable bonds is 7. The van der Waals surface area contributed by atoms with E-state index in [-0.39, 0.29) is 56.7 Å². The molecule has 2 aromatic heterocycles. The Morgan fingerprint density at radius 3 is 1.25 bits per heavy atom. The Bertz CT molecular complexity index is 2130. The molecule has 6 rings (SSSR count). The Hall–Kier alpha value is -6.16. The molecule has 0 unspecified atom stereocenters. The van der Waals surface area contributed by atoms with Crippen molar-refractivity contribution in [3.63, 3.8) is 0 Å². The zero-order valence-corrected chi connectivity index (χ0v) is 30.4. The highest BCUT2D eigenvalue weighted by molar-refractivity contribution is 6.35. The van der Waals surface area contributed by atoms with Crippen LogP contribution < -0.4 is 10.6 Å². The second kappa shape index (κ2) is 13.5. The standard InChI is InChI=1S/C42H42N4O6/c1-19(2)31-25-13-23(7)33(39(49)35(25)27(37(47)41(31)51)17-45-29-11-9-21(5)15-43-29)34-24(8)14-26-32(20(3)4)42(52)38(48)28(36(26)40(34)50)18-46-30-12-10-22(6)16-44-30/h9-20,49-52H,1-8H3,(H,43,45)(H,44,46). The van der Waals surface area contributed by atoms with Gasteiger partial charge >= 0.3 is 0 Å². The predicted octanol–water partition coefficient (Wildman–Crippen LogP) is 8.71. The lowest BCUT2D eigenvalue weighted by molar-refractivity contribution is -0.113. The molecule has 0 aliphatic heterocycles. The predicted molar refractivity (Wildman–Crippen MR) is 205 cm³/mol. The van der Waals surface area contributed by atoms with Crippen molar-refractivity contribution in [2.75, 3.05) is 10.6 Å². The molecule has 2 aliphatic carbocycles. The summed E-state index contributed by atoms with van der Waals surface area (Å²) < 4.78 is 0. The van der Waals surface area contributed by atoms with Gasteiger partial charge < -0.3 is 31.1 Å². The number of benzene rings is 2. The highest BCUT2D eigenvalue weighted by atomic mass is 16.3. The average Bonchev–Trinajstić information content (AvgIpc) is 3.08. The number of anilines is 2. The smallest absolute Gasteiger partial charge is 0.229 e. The van der Waals surface area contributed by atoms with E-state index in [0.29, 0.717) is 45.0 Å². The van der Waals surface area contributed by atoms with Crippen LogP contribution in [0, 0.1) is 39.5 Å². The molecule has 10 nitrogen and oxygen atoms in total. The van der Waals surface area contributed by atoms with Crippen molar-refractivity contribution in [3.8, 4) is 22.6 Å². The number of aromatic hydroxyl groups is 2. The van der Waals surface area contributed by atoms with E-state index in [1.54, 1.807) is 50.5 Å². The number of carbonyl (C=O) groups excluding carboxylic acids is 2. The second-order valence-corrected chi connectivity index (χ2v) is 14.0. The molecule has 2 aliphatic rings. The summed E-state index contributed by atoms with van der Waals surface area (Å²) in [5.74, 6) is -2.39. The highest BCUT2D eigenvalue weighted by Crippen LogP contribution is 2.53. The van der Waals surface area contributed by atoms with Crippen LogP contribution in [0.1, 0.15) is 72.2 Å². The maximum atomic E-state index is 13.8. The third kappa shape index (κ3) is 6.00. The quantitative estimate of drug-likeness (QED) is 0.103. The number of aliphatic hydroxyl groups excluding tert-OH is 2. The number of phenolic OH excluding ortho intramolecular Hbond substituents is 2. The first-order valence-electron chi connectivity index (χ1n) is 17.1. The maximum Gasteiger partial charge on any atom is 0.229 e. The fourth-order valence-electron chi connectivity index (χ4n) is 7.03. The van der Waals surface area contributed by atoms with E-state index in [4.69, 9.17) is 0 Å². The second-order valence-electron chi connectivity index (χ2n) is 14.0. The van der Waals surface area contributed by atoms with Gasteiger partial charge in [-0.15, -0.1) is 0 Å². The number of pyridine rings is 2. The van der Waals surface area contributed by atoms with E-state index >= 15 is 0 Å². The van der Waals surface area contributed by atoms with Crippen LogP contribution in [0.25, 0.3) is 33.4 Å². The Kier molecular flexibility index (Phi) is 9.27. The Morgan fingerprint density at radius 1 is 0.577 bits per heavy atom. The molecule has 2 aromatic carbocycles. The largest absolute Gasteiger partial charge is 0.507 e. The number of phenols is 2. The normalized spacial score (nSPS) is 16.0. The molecular formula is C42H42N4O6. The number of Topliss-reactive ketones (excluding diaryl/α,β-unsaturated/α-hetero) is 2. The summed E-state index contributed by atoms with van der Waals surface area (Å²) in [6, 6.07) is 10.8. The third-order valence-electron chi connectivity index (χ3n) is 9.50. The summed E-state index contributed by atoms with van der Waals surface area (Å²) in [6.07, 6.45) is 6.17. The lowest BCUT2D eigenvalue weighted by Gasteiger charge is -2.29. The molecular weight excluding hydrogens is 656 g/mol. The van der Waals surface area contributed by atoms with Crippen molar-refractivity contribution < 1.29 is 30.0 Å². The Labute approximate surface area is 302 Å². The van der Waals surface area contributed by atoms with Crippen LogP contribution in [0.5, 0.6) is 11.5 Å². The number of nitrogens with one attached hydrogen (secondary N) is 2. The third-order valence-corrected chi connectivity index (χ3v) is 9.50. The van der Waals surface area contributed by atoms with Gasteiger partial charge in [-0.1, -0.05) is 52.0 Å². The van der Waals surface area contributed by atoms with Crippen molar-refractivity contribution in [2.24, 2.45) is 11.8 Å². The summed E-state index contributed by atoms with van der Waals surface area (Å²) in [7, 11) is 0. The van der Waals surface area contributed by atoms with Gasteiger partial charge in [0.2, 0.25) is 11.6 Å². The number of ketones is 2. The minimum Gasteiger partial charge on any atom is -0.507 e. The van der Waals surface area contributed by atoms with E-state index in [1.165, 1.54) is 12.4 Å². The van der Waals surface area contributed by atoms with Gasteiger partial charge in [-0.2, -0.15) is 0 Å². The number of hydrogen-bond acceptors (Lipinski definition) is 10. The number of aryl methyl sites for hydroxylation is 4. The molecule has 0 amide bonds. The molecule has 0 atom stereocenters. The van der Waals surface area contributed by atoms with Crippen LogP contribution in [0.2, 0.25) is 0 Å². The molecule has 0 saturated carbocycles. The first kappa shape index (κ1) is 35.7. The highest BCUT2D eigenvalue weighted by Gasteiger charge is 2.38. The fourth-order valence-corrected chi connectivity index (χ4v) is 7.03. The van der Waals surface area contributed by atoms with Gasteiger partial charge in [-0.3, -0.25) is 9.59 Å². The van der Waals surface area contributed by atoms with Crippen molar-refractivity contribution in [1.82, 2.24) is 9.97 Å². The lowest BCUT2D eigenvalue weighted by Crippen LogP contribution is -2.20. The molecule has 2 heterocycles. The van der Waals surface area contributed by atoms with Crippen molar-refractivity contribution in [3.05, 3.63) is 117 Å². The van der Waals surface area contributed by atoms with Gasteiger partial charge in [-0.05, 0) is 85.0 Å². The first-order valence-corrected chi connectivity index (χ1v) is 17.1. The number of hydrogen-bond donors (Lipinski definition) is 6. The zero-order valence-electron chi connectivity index (χ0n) is 30.4. The zero-order chi connectivity index (χ0) is 37.8. The van der Waals surface area contributed by atoms with Gasteiger partial charge in [0.15, 0.2) is 11.5 Å². The number of fused-ring (bicyclic) bond motifs is 2. The van der Waals surface area contributed by atoms with Crippen molar-refractivity contribution in [2.45, 2.75) is 55.4 Å². The summed E-state index contributed by atoms with van der Waals surface area (Å²) in [4.78, 5) is 36.3. The van der Waals surface area contributed by atoms with Crippen molar-refractivity contribution >= 4 is 45.5 Å². The topological polar surface area (TPSA) is 165 Å². The lowest BCUT2D eigenvalue weighted by atomic mass is 9.75. The molecule has 0 saturated heterocycles. The van der Waals surface area contributed by atoms with E-state index < -0.39 is 23.1 Å². The van der Waals surface area contributed by atoms with Gasteiger partial charge in [-0.25, -0.2) is 9.97 Å². The molecule has 0 spiro atoms. The van der Waals surface area contributed by atoms with Crippen LogP contribution in [0.3, 0.4) is 0 Å². The van der Waals surface area contributed by atoms with E-state index in [0.717, 1.165) is 11.1 Å². The summed E-state index contributed by atoms with van der Waals surface area (Å²) in [6.45, 7) is 14.8. The Balaban J connectivity index is 1.62. The molecule has 266 valence electrons. The van der Waals surface area contributed by atoms with E-state index in [9.17, 15) is 30.0 Å². The molecule has 0 radical (unpaired) electrons. The minimum absolute atomic E-state index is 0.00800. The van der Waals surface area contributed by atoms with Gasteiger partial charge in [0.25, 0.3) is 0 Å². The van der Waals surface area contributed by atoms with Crippen LogP contribution in [0.15, 0.2) is 72.7 Å². The molecule has 0 bridgehead atoms.